The molecule has 0 saturated heterocycles. The lowest BCUT2D eigenvalue weighted by Crippen LogP contribution is -2.20. The van der Waals surface area contributed by atoms with Gasteiger partial charge in [-0.25, -0.2) is 13.2 Å². The number of sulfone groups is 1. The van der Waals surface area contributed by atoms with Crippen LogP contribution < -0.4 is 5.32 Å². The Bertz CT molecular complexity index is 1020. The predicted octanol–water partition coefficient (Wildman–Crippen LogP) is 3.92. The molecule has 30 heavy (non-hydrogen) atoms. The molecule has 8 heteroatoms. The van der Waals surface area contributed by atoms with Gasteiger partial charge < -0.3 is 10.1 Å². The fourth-order valence-electron chi connectivity index (χ4n) is 3.49. The van der Waals surface area contributed by atoms with Crippen LogP contribution in [0.5, 0.6) is 0 Å². The van der Waals surface area contributed by atoms with Crippen LogP contribution in [0.25, 0.3) is 0 Å². The molecule has 0 saturated carbocycles. The number of benzene rings is 1. The van der Waals surface area contributed by atoms with E-state index in [1.807, 2.05) is 24.3 Å². The van der Waals surface area contributed by atoms with Gasteiger partial charge in [0.15, 0.2) is 9.84 Å². The Hall–Kier alpha value is -2.19. The van der Waals surface area contributed by atoms with Gasteiger partial charge >= 0.3 is 5.97 Å². The van der Waals surface area contributed by atoms with Crippen LogP contribution in [0, 0.1) is 0 Å². The number of carbonyl (C=O) groups is 2. The minimum absolute atomic E-state index is 0.000898. The first-order valence-corrected chi connectivity index (χ1v) is 12.9. The van der Waals surface area contributed by atoms with Crippen LogP contribution in [0.3, 0.4) is 0 Å². The molecule has 0 bridgehead atoms. The average molecular weight is 450 g/mol. The third-order valence-corrected chi connectivity index (χ3v) is 7.93. The molecule has 1 aliphatic heterocycles. The number of hydrogen-bond donors (Lipinski definition) is 1. The summed E-state index contributed by atoms with van der Waals surface area (Å²) in [5, 5.41) is 3.19. The monoisotopic (exact) mass is 449 g/mol. The highest BCUT2D eigenvalue weighted by molar-refractivity contribution is 7.90. The normalized spacial score (nSPS) is 14.7. The Balaban J connectivity index is 1.77. The molecule has 0 fully saturated rings. The zero-order valence-electron chi connectivity index (χ0n) is 17.3. The molecule has 0 spiro atoms. The van der Waals surface area contributed by atoms with Crippen molar-refractivity contribution in [3.05, 3.63) is 51.4 Å². The highest BCUT2D eigenvalue weighted by atomic mass is 32.2. The molecule has 162 valence electrons. The van der Waals surface area contributed by atoms with E-state index in [2.05, 4.69) is 12.2 Å². The van der Waals surface area contributed by atoms with Gasteiger partial charge in [-0.2, -0.15) is 0 Å². The molecule has 1 N–H and O–H groups in total. The van der Waals surface area contributed by atoms with Crippen LogP contribution in [0.2, 0.25) is 0 Å². The van der Waals surface area contributed by atoms with E-state index in [4.69, 9.17) is 4.74 Å². The van der Waals surface area contributed by atoms with E-state index in [9.17, 15) is 18.0 Å². The minimum atomic E-state index is -3.18. The smallest absolute Gasteiger partial charge is 0.341 e. The molecule has 1 amide bonds. The van der Waals surface area contributed by atoms with Crippen molar-refractivity contribution in [2.24, 2.45) is 0 Å². The third kappa shape index (κ3) is 5.49. The lowest BCUT2D eigenvalue weighted by molar-refractivity contribution is -0.115. The van der Waals surface area contributed by atoms with Crippen molar-refractivity contribution in [1.82, 2.24) is 0 Å². The Morgan fingerprint density at radius 3 is 2.50 bits per heavy atom. The van der Waals surface area contributed by atoms with Crippen molar-refractivity contribution < 1.29 is 22.7 Å². The van der Waals surface area contributed by atoms with Gasteiger partial charge in [0.05, 0.1) is 30.1 Å². The van der Waals surface area contributed by atoms with Gasteiger partial charge in [-0.05, 0) is 42.9 Å². The molecule has 0 aliphatic carbocycles. The average Bonchev–Trinajstić information content (AvgIpc) is 3.03. The molecular weight excluding hydrogens is 422 g/mol. The molecule has 2 aromatic rings. The van der Waals surface area contributed by atoms with Gasteiger partial charge in [-0.15, -0.1) is 11.3 Å². The van der Waals surface area contributed by atoms with Crippen LogP contribution in [0.15, 0.2) is 24.3 Å². The lowest BCUT2D eigenvalue weighted by atomic mass is 10.0. The van der Waals surface area contributed by atoms with Gasteiger partial charge in [0.25, 0.3) is 0 Å². The molecule has 1 aliphatic rings. The van der Waals surface area contributed by atoms with E-state index >= 15 is 0 Å². The van der Waals surface area contributed by atoms with Crippen LogP contribution in [0.4, 0.5) is 5.00 Å². The summed E-state index contributed by atoms with van der Waals surface area (Å²) in [5.41, 5.74) is 3.12. The molecule has 1 aromatic carbocycles. The fraction of sp³-hybridized carbons (Fsp3) is 0.455. The van der Waals surface area contributed by atoms with Gasteiger partial charge in [-0.3, -0.25) is 4.79 Å². The number of esters is 1. The topological polar surface area (TPSA) is 89.5 Å². The van der Waals surface area contributed by atoms with Crippen LogP contribution in [-0.4, -0.2) is 32.7 Å². The number of unbranched alkanes of at least 4 members (excludes halogenated alkanes) is 1. The Morgan fingerprint density at radius 2 is 1.83 bits per heavy atom. The summed E-state index contributed by atoms with van der Waals surface area (Å²) in [6.45, 7) is 4.07. The largest absolute Gasteiger partial charge is 0.462 e. The summed E-state index contributed by atoms with van der Waals surface area (Å²) in [4.78, 5) is 25.8. The summed E-state index contributed by atoms with van der Waals surface area (Å²) in [6.07, 6.45) is 3.73. The molecule has 0 unspecified atom stereocenters. The van der Waals surface area contributed by atoms with Crippen LogP contribution in [0.1, 0.15) is 58.6 Å². The van der Waals surface area contributed by atoms with Gasteiger partial charge in [0, 0.05) is 4.88 Å². The molecule has 0 atom stereocenters. The Morgan fingerprint density at radius 1 is 1.13 bits per heavy atom. The zero-order valence-corrected chi connectivity index (χ0v) is 19.0. The maximum Gasteiger partial charge on any atom is 0.341 e. The van der Waals surface area contributed by atoms with E-state index in [0.717, 1.165) is 36.2 Å². The maximum atomic E-state index is 12.6. The fourth-order valence-corrected chi connectivity index (χ4v) is 6.55. The van der Waals surface area contributed by atoms with Crippen LogP contribution in [-0.2, 0) is 44.4 Å². The number of fused-ring (bicyclic) bond motifs is 1. The molecule has 2 heterocycles. The van der Waals surface area contributed by atoms with Crippen molar-refractivity contribution in [2.75, 3.05) is 17.7 Å². The van der Waals surface area contributed by atoms with Crippen molar-refractivity contribution in [1.29, 1.82) is 0 Å². The number of amides is 1. The summed E-state index contributed by atoms with van der Waals surface area (Å²) in [5.74, 6) is -0.872. The summed E-state index contributed by atoms with van der Waals surface area (Å²) >= 11 is 1.16. The summed E-state index contributed by atoms with van der Waals surface area (Å²) in [6, 6.07) is 7.97. The first kappa shape index (κ1) is 22.5. The Labute approximate surface area is 181 Å². The quantitative estimate of drug-likeness (QED) is 0.617. The lowest BCUT2D eigenvalue weighted by Gasteiger charge is -2.13. The van der Waals surface area contributed by atoms with E-state index in [1.165, 1.54) is 5.56 Å². The SMILES string of the molecule is CCCCc1ccc(CC(=O)Nc2sc3c(c2C(=O)OCC)CCS(=O)(=O)C3)cc1. The van der Waals surface area contributed by atoms with E-state index in [1.54, 1.807) is 6.92 Å². The second-order valence-electron chi connectivity index (χ2n) is 7.42. The van der Waals surface area contributed by atoms with E-state index in [-0.39, 0.29) is 36.9 Å². The molecule has 3 rings (SSSR count). The van der Waals surface area contributed by atoms with Gasteiger partial charge in [0.2, 0.25) is 5.91 Å². The first-order chi connectivity index (χ1) is 14.3. The predicted molar refractivity (Wildman–Crippen MR) is 119 cm³/mol. The zero-order chi connectivity index (χ0) is 21.7. The van der Waals surface area contributed by atoms with Gasteiger partial charge in [0.1, 0.15) is 5.00 Å². The molecule has 0 radical (unpaired) electrons. The first-order valence-electron chi connectivity index (χ1n) is 10.2. The molecule has 1 aromatic heterocycles. The molecular formula is C22H27NO5S2. The highest BCUT2D eigenvalue weighted by Crippen LogP contribution is 2.38. The Kier molecular flexibility index (Phi) is 7.31. The summed E-state index contributed by atoms with van der Waals surface area (Å²) < 4.78 is 29.1. The van der Waals surface area contributed by atoms with Crippen molar-refractivity contribution in [2.45, 2.75) is 51.7 Å². The number of anilines is 1. The number of aryl methyl sites for hydroxylation is 1. The number of carbonyl (C=O) groups excluding carboxylic acids is 2. The summed E-state index contributed by atoms with van der Waals surface area (Å²) in [7, 11) is -3.18. The standard InChI is InChI=1S/C22H27NO5S2/c1-3-5-6-15-7-9-16(10-8-15)13-19(24)23-21-20(22(25)28-4-2)17-11-12-30(26,27)14-18(17)29-21/h7-10H,3-6,11-14H2,1-2H3,(H,23,24). The van der Waals surface area contributed by atoms with Gasteiger partial charge in [-0.1, -0.05) is 37.6 Å². The maximum absolute atomic E-state index is 12.6. The number of thiophene rings is 1. The third-order valence-electron chi connectivity index (χ3n) is 5.04. The number of nitrogens with one attached hydrogen (secondary N) is 1. The number of ether oxygens (including phenoxy) is 1. The van der Waals surface area contributed by atoms with Crippen molar-refractivity contribution in [3.8, 4) is 0 Å². The highest BCUT2D eigenvalue weighted by Gasteiger charge is 2.32. The van der Waals surface area contributed by atoms with Crippen molar-refractivity contribution >= 4 is 38.1 Å². The second-order valence-corrected chi connectivity index (χ2v) is 10.7. The van der Waals surface area contributed by atoms with Crippen LogP contribution >= 0.6 is 11.3 Å². The molecule has 6 nitrogen and oxygen atoms in total. The number of hydrogen-bond acceptors (Lipinski definition) is 6. The van der Waals surface area contributed by atoms with E-state index < -0.39 is 15.8 Å². The second kappa shape index (κ2) is 9.75. The minimum Gasteiger partial charge on any atom is -0.462 e. The van der Waals surface area contributed by atoms with E-state index in [0.29, 0.717) is 21.0 Å². The number of rotatable bonds is 8. The van der Waals surface area contributed by atoms with Crippen molar-refractivity contribution in [3.63, 3.8) is 0 Å².